The van der Waals surface area contributed by atoms with E-state index in [9.17, 15) is 4.39 Å². The molecule has 0 saturated carbocycles. The molecule has 0 amide bonds. The summed E-state index contributed by atoms with van der Waals surface area (Å²) in [7, 11) is 1.47. The molecule has 1 rings (SSSR count). The van der Waals surface area contributed by atoms with Gasteiger partial charge in [0, 0.05) is 6.04 Å². The smallest absolute Gasteiger partial charge is 0.168 e. The monoisotopic (exact) mass is 282 g/mol. The second-order valence-electron chi connectivity index (χ2n) is 6.50. The van der Waals surface area contributed by atoms with Crippen LogP contribution in [0.15, 0.2) is 18.2 Å². The van der Waals surface area contributed by atoms with Crippen LogP contribution in [-0.4, -0.2) is 13.2 Å². The van der Waals surface area contributed by atoms with Crippen molar-refractivity contribution in [2.45, 2.75) is 46.6 Å². The summed E-state index contributed by atoms with van der Waals surface area (Å²) in [5.74, 6) is 6.10. The zero-order valence-corrected chi connectivity index (χ0v) is 13.2. The third-order valence-corrected chi connectivity index (χ3v) is 4.08. The average Bonchev–Trinajstić information content (AvgIpc) is 2.38. The molecule has 3 N–H and O–H groups in total. The van der Waals surface area contributed by atoms with Gasteiger partial charge in [0.15, 0.2) is 11.6 Å². The molecule has 1 aromatic carbocycles. The molecule has 20 heavy (non-hydrogen) atoms. The number of halogens is 1. The van der Waals surface area contributed by atoms with Crippen LogP contribution in [0.2, 0.25) is 0 Å². The molecule has 0 aliphatic carbocycles. The Hall–Kier alpha value is -1.13. The molecule has 114 valence electrons. The first kappa shape index (κ1) is 16.9. The highest BCUT2D eigenvalue weighted by molar-refractivity contribution is 5.31. The lowest BCUT2D eigenvalue weighted by Crippen LogP contribution is -2.39. The Morgan fingerprint density at radius 2 is 2.00 bits per heavy atom. The lowest BCUT2D eigenvalue weighted by atomic mass is 9.78. The molecule has 0 radical (unpaired) electrons. The van der Waals surface area contributed by atoms with Gasteiger partial charge in [-0.2, -0.15) is 0 Å². The summed E-state index contributed by atoms with van der Waals surface area (Å²) < 4.78 is 19.2. The first-order chi connectivity index (χ1) is 9.29. The van der Waals surface area contributed by atoms with Crippen LogP contribution in [-0.2, 0) is 6.42 Å². The summed E-state index contributed by atoms with van der Waals surface area (Å²) in [5.41, 5.74) is 3.65. The Kier molecular flexibility index (Phi) is 5.96. The van der Waals surface area contributed by atoms with Crippen LogP contribution in [0.3, 0.4) is 0 Å². The molecule has 0 aliphatic rings. The molecule has 1 aromatic rings. The first-order valence-electron chi connectivity index (χ1n) is 7.07. The number of hydrogen-bond acceptors (Lipinski definition) is 3. The van der Waals surface area contributed by atoms with Crippen LogP contribution in [0.4, 0.5) is 4.39 Å². The minimum Gasteiger partial charge on any atom is -0.494 e. The maximum absolute atomic E-state index is 14.1. The van der Waals surface area contributed by atoms with Gasteiger partial charge in [-0.15, -0.1) is 0 Å². The predicted molar refractivity (Wildman–Crippen MR) is 81.0 cm³/mol. The third kappa shape index (κ3) is 4.46. The zero-order valence-electron chi connectivity index (χ0n) is 13.2. The fourth-order valence-electron chi connectivity index (χ4n) is 2.13. The third-order valence-electron chi connectivity index (χ3n) is 4.08. The Balaban J connectivity index is 2.79. The van der Waals surface area contributed by atoms with E-state index >= 15 is 0 Å². The maximum atomic E-state index is 14.1. The summed E-state index contributed by atoms with van der Waals surface area (Å²) in [6.45, 7) is 8.82. The van der Waals surface area contributed by atoms with Crippen LogP contribution in [0.25, 0.3) is 0 Å². The normalized spacial score (nSPS) is 14.9. The van der Waals surface area contributed by atoms with Crippen LogP contribution >= 0.6 is 0 Å². The van der Waals surface area contributed by atoms with Gasteiger partial charge >= 0.3 is 0 Å². The van der Waals surface area contributed by atoms with Crippen molar-refractivity contribution in [2.75, 3.05) is 7.11 Å². The van der Waals surface area contributed by atoms with Crippen molar-refractivity contribution in [1.82, 2.24) is 5.43 Å². The quantitative estimate of drug-likeness (QED) is 0.622. The van der Waals surface area contributed by atoms with E-state index in [2.05, 4.69) is 33.1 Å². The molecular formula is C16H27FN2O. The fourth-order valence-corrected chi connectivity index (χ4v) is 2.13. The molecule has 0 fully saturated rings. The second-order valence-corrected chi connectivity index (χ2v) is 6.50. The number of rotatable bonds is 6. The van der Waals surface area contributed by atoms with E-state index in [0.29, 0.717) is 17.9 Å². The largest absolute Gasteiger partial charge is 0.494 e. The Morgan fingerprint density at radius 3 is 2.50 bits per heavy atom. The molecule has 0 spiro atoms. The van der Waals surface area contributed by atoms with Gasteiger partial charge in [0.25, 0.3) is 0 Å². The fraction of sp³-hybridized carbons (Fsp3) is 0.625. The second kappa shape index (κ2) is 7.04. The van der Waals surface area contributed by atoms with Crippen LogP contribution in [0.5, 0.6) is 5.75 Å². The van der Waals surface area contributed by atoms with Crippen LogP contribution < -0.4 is 16.0 Å². The Bertz CT molecular complexity index is 429. The highest BCUT2D eigenvalue weighted by atomic mass is 19.1. The van der Waals surface area contributed by atoms with Gasteiger partial charge in [-0.3, -0.25) is 11.3 Å². The molecule has 0 aliphatic heterocycles. The number of hydrogen-bond donors (Lipinski definition) is 2. The van der Waals surface area contributed by atoms with E-state index in [4.69, 9.17) is 10.6 Å². The minimum atomic E-state index is -0.293. The van der Waals surface area contributed by atoms with Gasteiger partial charge < -0.3 is 4.74 Å². The number of nitrogens with one attached hydrogen (secondary N) is 1. The number of ether oxygens (including phenoxy) is 1. The standard InChI is InChI=1S/C16H27FN2O/c1-11(16(2,3)4)9-13(19-18)10-12-7-6-8-14(20-5)15(12)17/h6-8,11,13,19H,9-10,18H2,1-5H3. The number of benzene rings is 1. The van der Waals surface area contributed by atoms with Crippen molar-refractivity contribution in [1.29, 1.82) is 0 Å². The number of hydrazine groups is 1. The summed E-state index contributed by atoms with van der Waals surface area (Å²) in [6.07, 6.45) is 1.45. The van der Waals surface area contributed by atoms with Crippen molar-refractivity contribution in [3.8, 4) is 5.75 Å². The molecule has 0 bridgehead atoms. The van der Waals surface area contributed by atoms with E-state index in [1.807, 2.05) is 0 Å². The molecule has 0 aromatic heterocycles. The molecule has 4 heteroatoms. The Labute approximate surface area is 121 Å². The molecule has 2 unspecified atom stereocenters. The predicted octanol–water partition coefficient (Wildman–Crippen LogP) is 3.28. The van der Waals surface area contributed by atoms with Crippen molar-refractivity contribution in [3.63, 3.8) is 0 Å². The lowest BCUT2D eigenvalue weighted by molar-refractivity contribution is 0.222. The average molecular weight is 282 g/mol. The highest BCUT2D eigenvalue weighted by Crippen LogP contribution is 2.30. The molecule has 0 heterocycles. The number of nitrogens with two attached hydrogens (primary N) is 1. The summed E-state index contributed by atoms with van der Waals surface area (Å²) in [4.78, 5) is 0. The van der Waals surface area contributed by atoms with Gasteiger partial charge in [-0.25, -0.2) is 4.39 Å². The van der Waals surface area contributed by atoms with Crippen molar-refractivity contribution in [2.24, 2.45) is 17.2 Å². The highest BCUT2D eigenvalue weighted by Gasteiger charge is 2.24. The minimum absolute atomic E-state index is 0.0471. The molecule has 2 atom stereocenters. The summed E-state index contributed by atoms with van der Waals surface area (Å²) in [5, 5.41) is 0. The van der Waals surface area contributed by atoms with Gasteiger partial charge in [0.1, 0.15) is 0 Å². The zero-order chi connectivity index (χ0) is 15.3. The van der Waals surface area contributed by atoms with Gasteiger partial charge in [0.2, 0.25) is 0 Å². The molecule has 3 nitrogen and oxygen atoms in total. The van der Waals surface area contributed by atoms with E-state index < -0.39 is 0 Å². The van der Waals surface area contributed by atoms with E-state index in [0.717, 1.165) is 6.42 Å². The lowest BCUT2D eigenvalue weighted by Gasteiger charge is -2.30. The first-order valence-corrected chi connectivity index (χ1v) is 7.07. The SMILES string of the molecule is COc1cccc(CC(CC(C)C(C)(C)C)NN)c1F. The summed E-state index contributed by atoms with van der Waals surface area (Å²) in [6, 6.07) is 5.26. The van der Waals surface area contributed by atoms with E-state index in [1.54, 1.807) is 18.2 Å². The van der Waals surface area contributed by atoms with Crippen LogP contribution in [0.1, 0.15) is 39.7 Å². The van der Waals surface area contributed by atoms with Crippen LogP contribution in [0, 0.1) is 17.2 Å². The molecular weight excluding hydrogens is 255 g/mol. The van der Waals surface area contributed by atoms with Gasteiger partial charge in [0.05, 0.1) is 7.11 Å². The van der Waals surface area contributed by atoms with E-state index in [-0.39, 0.29) is 23.0 Å². The van der Waals surface area contributed by atoms with Crippen molar-refractivity contribution in [3.05, 3.63) is 29.6 Å². The maximum Gasteiger partial charge on any atom is 0.168 e. The van der Waals surface area contributed by atoms with Crippen molar-refractivity contribution < 1.29 is 9.13 Å². The molecule has 0 saturated heterocycles. The van der Waals surface area contributed by atoms with Crippen molar-refractivity contribution >= 4 is 0 Å². The summed E-state index contributed by atoms with van der Waals surface area (Å²) >= 11 is 0. The van der Waals surface area contributed by atoms with Gasteiger partial charge in [-0.05, 0) is 35.8 Å². The number of methoxy groups -OCH3 is 1. The van der Waals surface area contributed by atoms with Gasteiger partial charge in [-0.1, -0.05) is 39.8 Å². The topological polar surface area (TPSA) is 47.3 Å². The van der Waals surface area contributed by atoms with E-state index in [1.165, 1.54) is 7.11 Å². The Morgan fingerprint density at radius 1 is 1.35 bits per heavy atom.